The van der Waals surface area contributed by atoms with E-state index in [-0.39, 0.29) is 48.4 Å². The van der Waals surface area contributed by atoms with Crippen LogP contribution in [0.2, 0.25) is 0 Å². The number of methoxy groups -OCH3 is 2. The fourth-order valence-corrected chi connectivity index (χ4v) is 8.77. The molecule has 3 aromatic carbocycles. The first-order valence-corrected chi connectivity index (χ1v) is 25.0. The second-order valence-corrected chi connectivity index (χ2v) is 20.9. The number of amides is 1. The van der Waals surface area contributed by atoms with Crippen molar-refractivity contribution in [2.24, 2.45) is 5.41 Å². The van der Waals surface area contributed by atoms with Crippen LogP contribution in [0.3, 0.4) is 0 Å². The molecule has 0 aromatic heterocycles. The molecule has 354 valence electrons. The van der Waals surface area contributed by atoms with E-state index >= 15 is 0 Å². The van der Waals surface area contributed by atoms with Gasteiger partial charge in [-0.3, -0.25) is 9.59 Å². The molecule has 0 unspecified atom stereocenters. The topological polar surface area (TPSA) is 128 Å². The molecule has 10 heteroatoms. The first-order valence-electron chi connectivity index (χ1n) is 23.4. The number of para-hydroxylation sites is 1. The van der Waals surface area contributed by atoms with E-state index in [9.17, 15) is 23.1 Å². The van der Waals surface area contributed by atoms with Gasteiger partial charge >= 0.3 is 10.1 Å². The molecule has 0 aliphatic heterocycles. The van der Waals surface area contributed by atoms with Crippen molar-refractivity contribution in [3.8, 4) is 17.2 Å². The number of benzene rings is 3. The largest absolute Gasteiger partial charge is 0.494 e. The normalized spacial score (nSPS) is 12.0. The summed E-state index contributed by atoms with van der Waals surface area (Å²) < 4.78 is 42.6. The van der Waals surface area contributed by atoms with Crippen LogP contribution in [0.4, 0.5) is 5.69 Å². The summed E-state index contributed by atoms with van der Waals surface area (Å²) in [6.45, 7) is 26.9. The molecule has 0 aliphatic rings. The Bertz CT molecular complexity index is 1930. The van der Waals surface area contributed by atoms with Crippen LogP contribution in [0.15, 0.2) is 42.5 Å². The molecule has 0 saturated carbocycles. The molecule has 0 spiro atoms. The summed E-state index contributed by atoms with van der Waals surface area (Å²) >= 11 is 0. The molecule has 3 rings (SSSR count). The van der Waals surface area contributed by atoms with Gasteiger partial charge in [0, 0.05) is 11.8 Å². The van der Waals surface area contributed by atoms with Crippen LogP contribution in [0.25, 0.3) is 0 Å². The van der Waals surface area contributed by atoms with E-state index < -0.39 is 21.3 Å². The molecule has 3 aromatic rings. The third kappa shape index (κ3) is 17.2. The minimum absolute atomic E-state index is 0.0520. The molecule has 9 nitrogen and oxygen atoms in total. The zero-order valence-electron chi connectivity index (χ0n) is 41.6. The van der Waals surface area contributed by atoms with Gasteiger partial charge < -0.3 is 24.1 Å². The van der Waals surface area contributed by atoms with E-state index in [4.69, 9.17) is 13.7 Å². The van der Waals surface area contributed by atoms with E-state index in [1.165, 1.54) is 64.7 Å². The molecule has 2 N–H and O–H groups in total. The number of aliphatic hydroxyl groups excluding tert-OH is 1. The van der Waals surface area contributed by atoms with Crippen LogP contribution >= 0.6 is 0 Å². The lowest BCUT2D eigenvalue weighted by molar-refractivity contribution is -0.124. The Morgan fingerprint density at radius 1 is 0.683 bits per heavy atom. The van der Waals surface area contributed by atoms with Crippen molar-refractivity contribution in [1.82, 2.24) is 0 Å². The minimum atomic E-state index is -4.10. The summed E-state index contributed by atoms with van der Waals surface area (Å²) in [4.78, 5) is 26.1. The average molecular weight is 894 g/mol. The van der Waals surface area contributed by atoms with Gasteiger partial charge in [0.15, 0.2) is 5.78 Å². The molecule has 0 atom stereocenters. The zero-order valence-corrected chi connectivity index (χ0v) is 42.4. The number of carbonyl (C=O) groups excluding carboxylic acids is 2. The maximum absolute atomic E-state index is 13.2. The molecule has 0 fully saturated rings. The van der Waals surface area contributed by atoms with Crippen molar-refractivity contribution in [2.45, 2.75) is 190 Å². The number of unbranched alkanes of at least 4 members (excludes halogenated alkanes) is 7. The van der Waals surface area contributed by atoms with Crippen LogP contribution in [0.5, 0.6) is 17.2 Å². The van der Waals surface area contributed by atoms with Gasteiger partial charge in [-0.1, -0.05) is 172 Å². The average Bonchev–Trinajstić information content (AvgIpc) is 3.21. The summed E-state index contributed by atoms with van der Waals surface area (Å²) in [7, 11) is -1.03. The van der Waals surface area contributed by atoms with Crippen molar-refractivity contribution < 1.29 is 36.8 Å². The first kappa shape index (κ1) is 55.2. The van der Waals surface area contributed by atoms with Gasteiger partial charge in [-0.2, -0.15) is 8.42 Å². The molecule has 63 heavy (non-hydrogen) atoms. The predicted molar refractivity (Wildman–Crippen MR) is 262 cm³/mol. The number of Topliss-reactive ketones (excluding diaryl/α,β-unsaturated/α-hetero) is 1. The van der Waals surface area contributed by atoms with E-state index in [1.54, 1.807) is 12.1 Å². The maximum atomic E-state index is 13.2. The van der Waals surface area contributed by atoms with Crippen LogP contribution in [-0.4, -0.2) is 45.2 Å². The van der Waals surface area contributed by atoms with Gasteiger partial charge in [-0.15, -0.1) is 0 Å². The smallest absolute Gasteiger partial charge is 0.316 e. The lowest BCUT2D eigenvalue weighted by atomic mass is 9.83. The van der Waals surface area contributed by atoms with E-state index in [2.05, 4.69) is 65.9 Å². The van der Waals surface area contributed by atoms with Crippen molar-refractivity contribution in [2.75, 3.05) is 25.3 Å². The van der Waals surface area contributed by atoms with Crippen LogP contribution in [0.1, 0.15) is 216 Å². The Balaban J connectivity index is 0.000000445. The van der Waals surface area contributed by atoms with Gasteiger partial charge in [0.2, 0.25) is 5.91 Å². The number of aliphatic hydroxyl groups is 1. The Hall–Kier alpha value is -3.89. The first-order chi connectivity index (χ1) is 29.5. The monoisotopic (exact) mass is 894 g/mol. The van der Waals surface area contributed by atoms with Gasteiger partial charge in [0.1, 0.15) is 28.7 Å². The number of ether oxygens (including phenoxy) is 2. The standard InChI is InChI=1S/C30H44O4S.C23H39NO4/c1-18(2)23-14-27(21(7)8)29(28(15-23)22(9)10)16-24(31)17-35(32,33)34-30-25(19(3)4)12-11-13-26(30)20(5)6;1-6-7-8-9-10-11-12-13-14-23(2,3)22(26)24-21-19(27-4)15-18(17-25)16-20(21)28-5/h11-15,18-22H,16-17H2,1-10H3;15-16,25H,6-14,17H2,1-5H3,(H,24,26). The second kappa shape index (κ2) is 26.2. The Morgan fingerprint density at radius 3 is 1.56 bits per heavy atom. The lowest BCUT2D eigenvalue weighted by Crippen LogP contribution is -2.31. The number of hydrogen-bond acceptors (Lipinski definition) is 8. The lowest BCUT2D eigenvalue weighted by Gasteiger charge is -2.25. The van der Waals surface area contributed by atoms with Crippen LogP contribution in [0, 0.1) is 5.41 Å². The molecular formula is C53H83NO8S. The highest BCUT2D eigenvalue weighted by Crippen LogP contribution is 2.39. The molecule has 0 aliphatic carbocycles. The number of hydrogen-bond donors (Lipinski definition) is 2. The number of ketones is 1. The Morgan fingerprint density at radius 2 is 1.14 bits per heavy atom. The van der Waals surface area contributed by atoms with Gasteiger partial charge in [0.25, 0.3) is 0 Å². The van der Waals surface area contributed by atoms with Crippen molar-refractivity contribution in [3.63, 3.8) is 0 Å². The van der Waals surface area contributed by atoms with Crippen LogP contribution < -0.4 is 19.0 Å². The third-order valence-corrected chi connectivity index (χ3v) is 12.8. The van der Waals surface area contributed by atoms with E-state index in [0.717, 1.165) is 40.7 Å². The van der Waals surface area contributed by atoms with E-state index in [0.29, 0.717) is 34.4 Å². The number of nitrogens with one attached hydrogen (secondary N) is 1. The highest BCUT2D eigenvalue weighted by molar-refractivity contribution is 7.87. The number of rotatable bonds is 25. The second-order valence-electron chi connectivity index (χ2n) is 19.3. The summed E-state index contributed by atoms with van der Waals surface area (Å²) in [6, 6.07) is 13.5. The van der Waals surface area contributed by atoms with E-state index in [1.807, 2.05) is 59.7 Å². The van der Waals surface area contributed by atoms with Gasteiger partial charge in [-0.05, 0) is 87.1 Å². The fourth-order valence-electron chi connectivity index (χ4n) is 7.77. The Kier molecular flexibility index (Phi) is 22.9. The number of carbonyl (C=O) groups is 2. The van der Waals surface area contributed by atoms with Gasteiger partial charge in [-0.25, -0.2) is 0 Å². The zero-order chi connectivity index (χ0) is 47.7. The van der Waals surface area contributed by atoms with Crippen molar-refractivity contribution in [1.29, 1.82) is 0 Å². The molecule has 0 radical (unpaired) electrons. The summed E-state index contributed by atoms with van der Waals surface area (Å²) in [6.07, 6.45) is 10.9. The van der Waals surface area contributed by atoms with Crippen LogP contribution in [-0.2, 0) is 32.7 Å². The molecular weight excluding hydrogens is 811 g/mol. The van der Waals surface area contributed by atoms with Gasteiger partial charge in [0.05, 0.1) is 20.8 Å². The highest BCUT2D eigenvalue weighted by Gasteiger charge is 2.30. The summed E-state index contributed by atoms with van der Waals surface area (Å²) in [5.41, 5.74) is 6.83. The minimum Gasteiger partial charge on any atom is -0.494 e. The SMILES string of the molecule is CC(C)c1cc(C(C)C)c(CC(=O)CS(=O)(=O)Oc2c(C(C)C)cccc2C(C)C)c(C(C)C)c1.CCCCCCCCCCC(C)(C)C(=O)Nc1c(OC)cc(CO)cc1OC. The molecule has 0 bridgehead atoms. The molecule has 1 amide bonds. The predicted octanol–water partition coefficient (Wildman–Crippen LogP) is 13.5. The molecule has 0 saturated heterocycles. The highest BCUT2D eigenvalue weighted by atomic mass is 32.2. The quantitative estimate of drug-likeness (QED) is 0.0636. The molecule has 0 heterocycles. The van der Waals surface area contributed by atoms with Crippen molar-refractivity contribution >= 4 is 27.5 Å². The van der Waals surface area contributed by atoms with Crippen molar-refractivity contribution in [3.05, 3.63) is 81.4 Å². The Labute approximate surface area is 382 Å². The number of anilines is 1. The fraction of sp³-hybridized carbons (Fsp3) is 0.623. The maximum Gasteiger partial charge on any atom is 0.316 e. The summed E-state index contributed by atoms with van der Waals surface area (Å²) in [5, 5.41) is 12.4. The third-order valence-electron chi connectivity index (χ3n) is 11.8. The summed E-state index contributed by atoms with van der Waals surface area (Å²) in [5.74, 6) is 1.33.